The van der Waals surface area contributed by atoms with Crippen molar-refractivity contribution in [1.29, 1.82) is 0 Å². The Bertz CT molecular complexity index is 616. The number of nitrogens with zero attached hydrogens (tertiary/aromatic N) is 2. The Balaban J connectivity index is 1.51. The highest BCUT2D eigenvalue weighted by Crippen LogP contribution is 2.32. The molecule has 1 unspecified atom stereocenters. The molecule has 1 fully saturated rings. The fourth-order valence-electron chi connectivity index (χ4n) is 3.56. The summed E-state index contributed by atoms with van der Waals surface area (Å²) >= 11 is 0. The molecule has 0 amide bonds. The van der Waals surface area contributed by atoms with E-state index in [-0.39, 0.29) is 0 Å². The second kappa shape index (κ2) is 5.60. The number of rotatable bonds is 2. The van der Waals surface area contributed by atoms with Crippen LogP contribution >= 0.6 is 0 Å². The molecule has 110 valence electrons. The molecule has 1 N–H and O–H groups in total. The van der Waals surface area contributed by atoms with Gasteiger partial charge in [0.05, 0.1) is 5.92 Å². The molecule has 4 nitrogen and oxygen atoms in total. The molecule has 0 spiro atoms. The number of hydrogen-bond donors (Lipinski definition) is 1. The van der Waals surface area contributed by atoms with E-state index in [4.69, 9.17) is 9.51 Å². The lowest BCUT2D eigenvalue weighted by molar-refractivity contribution is 0.318. The molecule has 1 saturated heterocycles. The fraction of sp³-hybridized carbons (Fsp3) is 0.529. The van der Waals surface area contributed by atoms with Crippen LogP contribution in [0.15, 0.2) is 28.8 Å². The zero-order valence-electron chi connectivity index (χ0n) is 12.2. The molecule has 1 aromatic carbocycles. The van der Waals surface area contributed by atoms with Gasteiger partial charge in [0.15, 0.2) is 5.82 Å². The van der Waals surface area contributed by atoms with E-state index in [2.05, 4.69) is 34.7 Å². The minimum absolute atomic E-state index is 0.399. The maximum Gasteiger partial charge on any atom is 0.231 e. The molecule has 4 rings (SSSR count). The SMILES string of the molecule is c1ccc2c(c1)CCC(c1noc([C@H]3CCCNC3)n1)C2. The third-order valence-corrected chi connectivity index (χ3v) is 4.82. The number of aryl methyl sites for hydroxylation is 1. The van der Waals surface area contributed by atoms with Gasteiger partial charge >= 0.3 is 0 Å². The van der Waals surface area contributed by atoms with Gasteiger partial charge in [-0.3, -0.25) is 0 Å². The van der Waals surface area contributed by atoms with Gasteiger partial charge in [0.25, 0.3) is 0 Å². The summed E-state index contributed by atoms with van der Waals surface area (Å²) in [7, 11) is 0. The van der Waals surface area contributed by atoms with E-state index in [1.54, 1.807) is 0 Å². The summed E-state index contributed by atoms with van der Waals surface area (Å²) < 4.78 is 5.54. The summed E-state index contributed by atoms with van der Waals surface area (Å²) in [6.45, 7) is 2.08. The first-order valence-corrected chi connectivity index (χ1v) is 8.01. The normalized spacial score (nSPS) is 25.5. The molecule has 2 aromatic rings. The Morgan fingerprint density at radius 2 is 2.00 bits per heavy atom. The average Bonchev–Trinajstić information content (AvgIpc) is 3.05. The number of fused-ring (bicyclic) bond motifs is 1. The van der Waals surface area contributed by atoms with Crippen LogP contribution in [0.4, 0.5) is 0 Å². The lowest BCUT2D eigenvalue weighted by Crippen LogP contribution is -2.28. The van der Waals surface area contributed by atoms with Gasteiger partial charge in [-0.1, -0.05) is 29.4 Å². The zero-order chi connectivity index (χ0) is 14.1. The molecule has 2 atom stereocenters. The second-order valence-corrected chi connectivity index (χ2v) is 6.24. The highest BCUT2D eigenvalue weighted by Gasteiger charge is 2.27. The second-order valence-electron chi connectivity index (χ2n) is 6.24. The van der Waals surface area contributed by atoms with Gasteiger partial charge < -0.3 is 9.84 Å². The van der Waals surface area contributed by atoms with Crippen LogP contribution in [0, 0.1) is 0 Å². The maximum absolute atomic E-state index is 5.54. The van der Waals surface area contributed by atoms with Crippen LogP contribution in [-0.2, 0) is 12.8 Å². The number of nitrogens with one attached hydrogen (secondary N) is 1. The molecule has 1 aliphatic heterocycles. The van der Waals surface area contributed by atoms with E-state index in [1.807, 2.05) is 0 Å². The predicted octanol–water partition coefficient (Wildman–Crippen LogP) is 2.81. The summed E-state index contributed by atoms with van der Waals surface area (Å²) in [6, 6.07) is 8.71. The molecule has 0 radical (unpaired) electrons. The number of hydrogen-bond acceptors (Lipinski definition) is 4. The van der Waals surface area contributed by atoms with Crippen LogP contribution < -0.4 is 5.32 Å². The van der Waals surface area contributed by atoms with Gasteiger partial charge in [0.2, 0.25) is 5.89 Å². The van der Waals surface area contributed by atoms with Crippen molar-refractivity contribution in [3.05, 3.63) is 47.1 Å². The number of aromatic nitrogens is 2. The number of benzene rings is 1. The molecule has 21 heavy (non-hydrogen) atoms. The van der Waals surface area contributed by atoms with Crippen molar-refractivity contribution in [2.24, 2.45) is 0 Å². The topological polar surface area (TPSA) is 51.0 Å². The molecule has 4 heteroatoms. The lowest BCUT2D eigenvalue weighted by atomic mass is 9.83. The lowest BCUT2D eigenvalue weighted by Gasteiger charge is -2.22. The minimum Gasteiger partial charge on any atom is -0.339 e. The molecule has 2 heterocycles. The maximum atomic E-state index is 5.54. The third-order valence-electron chi connectivity index (χ3n) is 4.82. The average molecular weight is 283 g/mol. The molecule has 1 aliphatic carbocycles. The highest BCUT2D eigenvalue weighted by atomic mass is 16.5. The van der Waals surface area contributed by atoms with Gasteiger partial charge in [0, 0.05) is 12.5 Å². The van der Waals surface area contributed by atoms with Crippen LogP contribution in [0.1, 0.15) is 53.9 Å². The van der Waals surface area contributed by atoms with Gasteiger partial charge in [0.1, 0.15) is 0 Å². The van der Waals surface area contributed by atoms with E-state index < -0.39 is 0 Å². The standard InChI is InChI=1S/C17H21N3O/c1-2-5-13-10-14(8-7-12(13)4-1)16-19-17(21-20-16)15-6-3-9-18-11-15/h1-2,4-5,14-15,18H,3,6-11H2/t14?,15-/m0/s1. The Hall–Kier alpha value is -1.68. The monoisotopic (exact) mass is 283 g/mol. The Morgan fingerprint density at radius 3 is 2.86 bits per heavy atom. The Labute approximate surface area is 124 Å². The summed E-state index contributed by atoms with van der Waals surface area (Å²) in [4.78, 5) is 4.71. The van der Waals surface area contributed by atoms with Crippen LogP contribution in [0.3, 0.4) is 0 Å². The third kappa shape index (κ3) is 2.60. The predicted molar refractivity (Wildman–Crippen MR) is 80.4 cm³/mol. The zero-order valence-corrected chi connectivity index (χ0v) is 12.2. The fourth-order valence-corrected chi connectivity index (χ4v) is 3.56. The van der Waals surface area contributed by atoms with Gasteiger partial charge in [-0.2, -0.15) is 4.98 Å². The summed E-state index contributed by atoms with van der Waals surface area (Å²) in [5, 5.41) is 7.68. The van der Waals surface area contributed by atoms with Crippen LogP contribution in [0.25, 0.3) is 0 Å². The first kappa shape index (κ1) is 13.0. The van der Waals surface area contributed by atoms with Crippen molar-refractivity contribution in [3.8, 4) is 0 Å². The highest BCUT2D eigenvalue weighted by molar-refractivity contribution is 5.31. The van der Waals surface area contributed by atoms with Gasteiger partial charge in [-0.05, 0) is 49.8 Å². The van der Waals surface area contributed by atoms with E-state index in [0.717, 1.165) is 50.5 Å². The van der Waals surface area contributed by atoms with Crippen molar-refractivity contribution in [2.75, 3.05) is 13.1 Å². The molecular formula is C17H21N3O. The number of piperidine rings is 1. The van der Waals surface area contributed by atoms with Gasteiger partial charge in [-0.25, -0.2) is 0 Å². The quantitative estimate of drug-likeness (QED) is 0.921. The van der Waals surface area contributed by atoms with E-state index >= 15 is 0 Å². The van der Waals surface area contributed by atoms with Crippen molar-refractivity contribution in [3.63, 3.8) is 0 Å². The van der Waals surface area contributed by atoms with Gasteiger partial charge in [-0.15, -0.1) is 0 Å². The Morgan fingerprint density at radius 1 is 1.10 bits per heavy atom. The Kier molecular flexibility index (Phi) is 3.47. The van der Waals surface area contributed by atoms with Crippen LogP contribution in [-0.4, -0.2) is 23.2 Å². The summed E-state index contributed by atoms with van der Waals surface area (Å²) in [5.41, 5.74) is 2.92. The first-order valence-electron chi connectivity index (χ1n) is 8.01. The van der Waals surface area contributed by atoms with Crippen molar-refractivity contribution in [2.45, 2.75) is 43.9 Å². The molecular weight excluding hydrogens is 262 g/mol. The van der Waals surface area contributed by atoms with E-state index in [0.29, 0.717) is 11.8 Å². The van der Waals surface area contributed by atoms with Crippen LogP contribution in [0.2, 0.25) is 0 Å². The van der Waals surface area contributed by atoms with Crippen molar-refractivity contribution in [1.82, 2.24) is 15.5 Å². The van der Waals surface area contributed by atoms with Crippen molar-refractivity contribution < 1.29 is 4.52 Å². The smallest absolute Gasteiger partial charge is 0.231 e. The molecule has 2 aliphatic rings. The van der Waals surface area contributed by atoms with E-state index in [9.17, 15) is 0 Å². The summed E-state index contributed by atoms with van der Waals surface area (Å²) in [6.07, 6.45) is 5.63. The minimum atomic E-state index is 0.399. The largest absolute Gasteiger partial charge is 0.339 e. The molecule has 1 aromatic heterocycles. The van der Waals surface area contributed by atoms with E-state index in [1.165, 1.54) is 17.5 Å². The van der Waals surface area contributed by atoms with Crippen molar-refractivity contribution >= 4 is 0 Å². The molecule has 0 bridgehead atoms. The summed E-state index contributed by atoms with van der Waals surface area (Å²) in [5.74, 6) is 2.55. The molecule has 0 saturated carbocycles. The van der Waals surface area contributed by atoms with Crippen LogP contribution in [0.5, 0.6) is 0 Å². The first-order chi connectivity index (χ1) is 10.4.